The Labute approximate surface area is 238 Å². The van der Waals surface area contributed by atoms with Crippen LogP contribution >= 0.6 is 45.8 Å². The molecule has 0 saturated carbocycles. The summed E-state index contributed by atoms with van der Waals surface area (Å²) < 4.78 is 15.1. The molecule has 1 unspecified atom stereocenters. The smallest absolute Gasteiger partial charge is 0.273 e. The number of hydrogen-bond acceptors (Lipinski definition) is 2. The molecule has 0 bridgehead atoms. The zero-order chi connectivity index (χ0) is 25.9. The first-order valence-corrected chi connectivity index (χ1v) is 13.9. The lowest BCUT2D eigenvalue weighted by molar-refractivity contribution is 0.0945. The fraction of sp³-hybridized carbons (Fsp3) is 0.172. The number of allylic oxidation sites excluding steroid dienone is 1. The van der Waals surface area contributed by atoms with Gasteiger partial charge >= 0.3 is 0 Å². The topological polar surface area (TPSA) is 46.9 Å². The SMILES string of the molecule is O=C(NC(I)c1ccccc1)c1nn(-c2ccc(Cl)cc2Cl)c2c1CCCC/C2=C\c1ccc(F)cc1. The first-order chi connectivity index (χ1) is 17.9. The maximum atomic E-state index is 13.6. The van der Waals surface area contributed by atoms with Crippen LogP contribution in [-0.4, -0.2) is 15.7 Å². The van der Waals surface area contributed by atoms with Gasteiger partial charge in [0.1, 0.15) is 9.87 Å². The van der Waals surface area contributed by atoms with Crippen molar-refractivity contribution in [1.29, 1.82) is 0 Å². The summed E-state index contributed by atoms with van der Waals surface area (Å²) in [6.07, 6.45) is 5.41. The van der Waals surface area contributed by atoms with Crippen LogP contribution < -0.4 is 5.32 Å². The molecule has 1 amide bonds. The van der Waals surface area contributed by atoms with E-state index in [0.29, 0.717) is 27.8 Å². The zero-order valence-electron chi connectivity index (χ0n) is 19.7. The number of halogens is 4. The van der Waals surface area contributed by atoms with E-state index in [1.165, 1.54) is 12.1 Å². The highest BCUT2D eigenvalue weighted by atomic mass is 127. The van der Waals surface area contributed by atoms with E-state index in [4.69, 9.17) is 28.3 Å². The summed E-state index contributed by atoms with van der Waals surface area (Å²) >= 11 is 15.0. The Kier molecular flexibility index (Phi) is 7.98. The molecule has 5 rings (SSSR count). The van der Waals surface area contributed by atoms with Crippen LogP contribution in [0.25, 0.3) is 17.3 Å². The molecule has 1 aromatic heterocycles. The highest BCUT2D eigenvalue weighted by Gasteiger charge is 2.29. The van der Waals surface area contributed by atoms with Gasteiger partial charge < -0.3 is 5.32 Å². The standard InChI is InChI=1S/C29H23Cl2FIN3O/c30-21-12-15-25(24(31)17-21)36-27-20(16-18-10-13-22(32)14-11-18)8-4-5-9-23(27)26(35-36)29(37)34-28(33)19-6-2-1-3-7-19/h1-3,6-7,10-17,28H,4-5,8-9H2,(H,34,37)/b20-16+. The Morgan fingerprint density at radius 2 is 1.76 bits per heavy atom. The van der Waals surface area contributed by atoms with E-state index in [-0.39, 0.29) is 15.8 Å². The fourth-order valence-corrected chi connectivity index (χ4v) is 5.74. The van der Waals surface area contributed by atoms with Crippen LogP contribution in [-0.2, 0) is 6.42 Å². The van der Waals surface area contributed by atoms with Gasteiger partial charge in [-0.3, -0.25) is 4.79 Å². The third-order valence-electron chi connectivity index (χ3n) is 6.32. The molecule has 0 spiro atoms. The number of hydrogen-bond donors (Lipinski definition) is 1. The summed E-state index contributed by atoms with van der Waals surface area (Å²) in [4.78, 5) is 13.6. The molecule has 1 N–H and O–H groups in total. The Balaban J connectivity index is 1.64. The van der Waals surface area contributed by atoms with Crippen molar-refractivity contribution >= 4 is 63.3 Å². The van der Waals surface area contributed by atoms with Gasteiger partial charge in [-0.25, -0.2) is 9.07 Å². The molecule has 4 nitrogen and oxygen atoms in total. The third-order valence-corrected chi connectivity index (χ3v) is 7.89. The lowest BCUT2D eigenvalue weighted by Crippen LogP contribution is -2.26. The number of alkyl halides is 1. The van der Waals surface area contributed by atoms with Crippen LogP contribution in [0.3, 0.4) is 0 Å². The number of benzene rings is 3. The fourth-order valence-electron chi connectivity index (χ4n) is 4.55. The van der Waals surface area contributed by atoms with Crippen molar-refractivity contribution in [3.8, 4) is 5.69 Å². The summed E-state index contributed by atoms with van der Waals surface area (Å²) in [6.45, 7) is 0. The second-order valence-corrected chi connectivity index (χ2v) is 10.9. The molecule has 3 aromatic carbocycles. The monoisotopic (exact) mass is 645 g/mol. The van der Waals surface area contributed by atoms with Crippen LogP contribution in [0, 0.1) is 5.82 Å². The molecule has 188 valence electrons. The zero-order valence-corrected chi connectivity index (χ0v) is 23.4. The first kappa shape index (κ1) is 25.9. The highest BCUT2D eigenvalue weighted by molar-refractivity contribution is 14.1. The number of rotatable bonds is 5. The Morgan fingerprint density at radius 1 is 1.03 bits per heavy atom. The normalized spacial score (nSPS) is 15.2. The maximum absolute atomic E-state index is 13.6. The van der Waals surface area contributed by atoms with E-state index in [1.807, 2.05) is 42.5 Å². The second kappa shape index (κ2) is 11.4. The number of nitrogens with zero attached hydrogens (tertiary/aromatic N) is 2. The maximum Gasteiger partial charge on any atom is 0.273 e. The van der Waals surface area contributed by atoms with Crippen LogP contribution in [0.15, 0.2) is 72.8 Å². The largest absolute Gasteiger partial charge is 0.335 e. The van der Waals surface area contributed by atoms with Gasteiger partial charge in [-0.15, -0.1) is 0 Å². The van der Waals surface area contributed by atoms with E-state index in [1.54, 1.807) is 28.9 Å². The van der Waals surface area contributed by atoms with E-state index >= 15 is 0 Å². The predicted molar refractivity (Wildman–Crippen MR) is 156 cm³/mol. The van der Waals surface area contributed by atoms with Crippen LogP contribution in [0.2, 0.25) is 10.0 Å². The molecular weight excluding hydrogens is 623 g/mol. The lowest BCUT2D eigenvalue weighted by atomic mass is 10.0. The van der Waals surface area contributed by atoms with Crippen molar-refractivity contribution in [2.24, 2.45) is 0 Å². The number of carbonyl (C=O) groups is 1. The minimum atomic E-state index is -0.285. The van der Waals surface area contributed by atoms with Gasteiger partial charge in [-0.1, -0.05) is 88.3 Å². The third kappa shape index (κ3) is 5.76. The van der Waals surface area contributed by atoms with E-state index in [0.717, 1.165) is 47.2 Å². The minimum absolute atomic E-state index is 0.216. The minimum Gasteiger partial charge on any atom is -0.335 e. The average Bonchev–Trinajstić information content (AvgIpc) is 3.14. The highest BCUT2D eigenvalue weighted by Crippen LogP contribution is 2.37. The van der Waals surface area contributed by atoms with Crippen molar-refractivity contribution in [2.45, 2.75) is 29.7 Å². The van der Waals surface area contributed by atoms with Gasteiger partial charge in [0.05, 0.1) is 16.4 Å². The number of fused-ring (bicyclic) bond motifs is 1. The first-order valence-electron chi connectivity index (χ1n) is 11.9. The second-order valence-electron chi connectivity index (χ2n) is 8.86. The molecular formula is C29H23Cl2FIN3O. The van der Waals surface area contributed by atoms with Gasteiger partial charge in [0.25, 0.3) is 5.91 Å². The van der Waals surface area contributed by atoms with Gasteiger partial charge in [-0.2, -0.15) is 5.10 Å². The van der Waals surface area contributed by atoms with E-state index in [2.05, 4.69) is 27.9 Å². The molecule has 1 aliphatic carbocycles. The van der Waals surface area contributed by atoms with Gasteiger partial charge in [0.2, 0.25) is 0 Å². The Bertz CT molecular complexity index is 1470. The van der Waals surface area contributed by atoms with Crippen LogP contribution in [0.4, 0.5) is 4.39 Å². The van der Waals surface area contributed by atoms with Crippen molar-refractivity contribution < 1.29 is 9.18 Å². The molecule has 1 atom stereocenters. The number of carbonyl (C=O) groups excluding carboxylic acids is 1. The molecule has 1 heterocycles. The summed E-state index contributed by atoms with van der Waals surface area (Å²) in [7, 11) is 0. The van der Waals surface area contributed by atoms with E-state index in [9.17, 15) is 9.18 Å². The van der Waals surface area contributed by atoms with Crippen molar-refractivity contribution in [1.82, 2.24) is 15.1 Å². The van der Waals surface area contributed by atoms with Gasteiger partial charge in [0, 0.05) is 10.6 Å². The van der Waals surface area contributed by atoms with Crippen molar-refractivity contribution in [2.75, 3.05) is 0 Å². The summed E-state index contributed by atoms with van der Waals surface area (Å²) in [5.74, 6) is -0.529. The van der Waals surface area contributed by atoms with E-state index < -0.39 is 0 Å². The molecule has 37 heavy (non-hydrogen) atoms. The predicted octanol–water partition coefficient (Wildman–Crippen LogP) is 8.45. The van der Waals surface area contributed by atoms with Crippen molar-refractivity contribution in [3.05, 3.63) is 117 Å². The average molecular weight is 646 g/mol. The lowest BCUT2D eigenvalue weighted by Gasteiger charge is -2.13. The molecule has 8 heteroatoms. The molecule has 0 aliphatic heterocycles. The summed E-state index contributed by atoms with van der Waals surface area (Å²) in [6, 6.07) is 21.4. The van der Waals surface area contributed by atoms with Gasteiger partial charge in [-0.05, 0) is 78.8 Å². The van der Waals surface area contributed by atoms with Gasteiger partial charge in [0.15, 0.2) is 5.69 Å². The van der Waals surface area contributed by atoms with Crippen LogP contribution in [0.1, 0.15) is 56.2 Å². The van der Waals surface area contributed by atoms with Crippen LogP contribution in [0.5, 0.6) is 0 Å². The molecule has 1 aliphatic rings. The molecule has 0 radical (unpaired) electrons. The quantitative estimate of drug-likeness (QED) is 0.102. The number of aromatic nitrogens is 2. The Hall–Kier alpha value is -2.68. The molecule has 0 saturated heterocycles. The van der Waals surface area contributed by atoms with Crippen molar-refractivity contribution in [3.63, 3.8) is 0 Å². The summed E-state index contributed by atoms with van der Waals surface area (Å²) in [5, 5.41) is 8.87. The Morgan fingerprint density at radius 3 is 2.49 bits per heavy atom. The molecule has 0 fully saturated rings. The molecule has 4 aromatic rings. The number of amides is 1. The summed E-state index contributed by atoms with van der Waals surface area (Å²) in [5.41, 5.74) is 5.65. The number of nitrogens with one attached hydrogen (secondary N) is 1.